The maximum Gasteiger partial charge on any atom is 0.268 e. The highest BCUT2D eigenvalue weighted by Gasteiger charge is 2.26. The van der Waals surface area contributed by atoms with Gasteiger partial charge in [0.1, 0.15) is 14.1 Å². The monoisotopic (exact) mass is 322 g/mol. The van der Waals surface area contributed by atoms with E-state index in [9.17, 15) is 0 Å². The largest absolute Gasteiger partial charge is 0.268 e. The first kappa shape index (κ1) is 14.4. The van der Waals surface area contributed by atoms with E-state index in [1.54, 1.807) is 9.36 Å². The molecule has 120 valence electrons. The molecule has 4 aromatic rings. The van der Waals surface area contributed by atoms with Crippen molar-refractivity contribution in [3.63, 3.8) is 0 Å². The van der Waals surface area contributed by atoms with E-state index in [1.807, 2.05) is 62.1 Å². The van der Waals surface area contributed by atoms with Gasteiger partial charge >= 0.3 is 0 Å². The Balaban J connectivity index is 2.07. The first-order valence-corrected chi connectivity index (χ1v) is 7.60. The number of hydrogen-bond donors (Lipinski definition) is 0. The highest BCUT2D eigenvalue weighted by molar-refractivity contribution is 5.99. The van der Waals surface area contributed by atoms with Gasteiger partial charge in [-0.1, -0.05) is 28.1 Å². The molecule has 3 heterocycles. The summed E-state index contributed by atoms with van der Waals surface area (Å²) in [5.74, 6) is 0. The number of benzene rings is 1. The lowest BCUT2D eigenvalue weighted by Crippen LogP contribution is -2.36. The average Bonchev–Trinajstić information content (AvgIpc) is 3.11. The summed E-state index contributed by atoms with van der Waals surface area (Å²) in [5, 5.41) is 19.6. The Kier molecular flexibility index (Phi) is 3.12. The molecule has 0 amide bonds. The van der Waals surface area contributed by atoms with Crippen LogP contribution in [0.3, 0.4) is 0 Å². The standard InChI is InChI=1S/C16H18N8/c1-21-9-13(17-19-21)16-12-8-6-5-7-11(12)15(18-24(16)4)14-10-22(2)20-23(14)3/h5-10H,1-4H3/q+2. The van der Waals surface area contributed by atoms with Crippen molar-refractivity contribution in [2.24, 2.45) is 28.2 Å². The average molecular weight is 322 g/mol. The van der Waals surface area contributed by atoms with Crippen LogP contribution in [0.4, 0.5) is 0 Å². The molecule has 0 aliphatic rings. The molecule has 0 N–H and O–H groups in total. The fourth-order valence-corrected chi connectivity index (χ4v) is 3.03. The van der Waals surface area contributed by atoms with Crippen LogP contribution in [-0.2, 0) is 28.2 Å². The number of aromatic nitrogens is 8. The van der Waals surface area contributed by atoms with E-state index in [1.165, 1.54) is 0 Å². The lowest BCUT2D eigenvalue weighted by Gasteiger charge is -2.04. The van der Waals surface area contributed by atoms with Gasteiger partial charge in [-0.2, -0.15) is 0 Å². The van der Waals surface area contributed by atoms with Gasteiger partial charge in [-0.25, -0.2) is 0 Å². The minimum atomic E-state index is 0.797. The minimum Gasteiger partial charge on any atom is -0.255 e. The van der Waals surface area contributed by atoms with Crippen molar-refractivity contribution in [1.29, 1.82) is 0 Å². The highest BCUT2D eigenvalue weighted by atomic mass is 15.5. The minimum absolute atomic E-state index is 0.797. The topological polar surface area (TPSA) is 69.2 Å². The molecule has 4 rings (SSSR count). The first-order chi connectivity index (χ1) is 11.5. The number of hydrogen-bond acceptors (Lipinski definition) is 4. The Bertz CT molecular complexity index is 1060. The summed E-state index contributed by atoms with van der Waals surface area (Å²) in [6.07, 6.45) is 3.87. The van der Waals surface area contributed by atoms with Gasteiger partial charge in [0.25, 0.3) is 5.69 Å². The number of nitrogens with zero attached hydrogens (tertiary/aromatic N) is 8. The molecule has 24 heavy (non-hydrogen) atoms. The molecule has 0 saturated carbocycles. The normalized spacial score (nSPS) is 11.3. The summed E-state index contributed by atoms with van der Waals surface area (Å²) in [7, 11) is 7.61. The number of aryl methyl sites for hydroxylation is 4. The zero-order valence-electron chi connectivity index (χ0n) is 14.0. The van der Waals surface area contributed by atoms with Crippen LogP contribution in [0.25, 0.3) is 33.5 Å². The van der Waals surface area contributed by atoms with Crippen LogP contribution < -0.4 is 9.36 Å². The molecular weight excluding hydrogens is 304 g/mol. The second-order valence-corrected chi connectivity index (χ2v) is 5.84. The van der Waals surface area contributed by atoms with Crippen molar-refractivity contribution in [1.82, 2.24) is 30.0 Å². The molecule has 0 aliphatic carbocycles. The van der Waals surface area contributed by atoms with Crippen LogP contribution in [-0.4, -0.2) is 30.0 Å². The van der Waals surface area contributed by atoms with Crippen LogP contribution in [0.2, 0.25) is 0 Å². The summed E-state index contributed by atoms with van der Waals surface area (Å²) in [6.45, 7) is 0. The molecule has 0 aliphatic heterocycles. The fraction of sp³-hybridized carbons (Fsp3) is 0.250. The second-order valence-electron chi connectivity index (χ2n) is 5.84. The van der Waals surface area contributed by atoms with Crippen molar-refractivity contribution >= 4 is 10.8 Å². The van der Waals surface area contributed by atoms with Crippen molar-refractivity contribution in [3.05, 3.63) is 36.7 Å². The van der Waals surface area contributed by atoms with Gasteiger partial charge in [0.05, 0.1) is 16.8 Å². The molecule has 8 heteroatoms. The van der Waals surface area contributed by atoms with E-state index < -0.39 is 0 Å². The van der Waals surface area contributed by atoms with Crippen LogP contribution in [0, 0.1) is 0 Å². The van der Waals surface area contributed by atoms with E-state index >= 15 is 0 Å². The molecular formula is C16H18N8+2. The Morgan fingerprint density at radius 3 is 2.42 bits per heavy atom. The lowest BCUT2D eigenvalue weighted by atomic mass is 10.1. The van der Waals surface area contributed by atoms with E-state index in [2.05, 4.69) is 27.7 Å². The third kappa shape index (κ3) is 2.15. The fourth-order valence-electron chi connectivity index (χ4n) is 3.03. The smallest absolute Gasteiger partial charge is 0.255 e. The van der Waals surface area contributed by atoms with Gasteiger partial charge in [-0.05, 0) is 6.07 Å². The van der Waals surface area contributed by atoms with Gasteiger partial charge in [0.15, 0.2) is 24.6 Å². The molecule has 0 spiro atoms. The number of rotatable bonds is 2. The van der Waals surface area contributed by atoms with Crippen molar-refractivity contribution in [3.8, 4) is 22.8 Å². The molecule has 3 aromatic heterocycles. The van der Waals surface area contributed by atoms with Crippen LogP contribution in [0.5, 0.6) is 0 Å². The third-order valence-corrected chi connectivity index (χ3v) is 4.03. The summed E-state index contributed by atoms with van der Waals surface area (Å²) in [5.41, 5.74) is 3.58. The number of fused-ring (bicyclic) bond motifs is 1. The summed E-state index contributed by atoms with van der Waals surface area (Å²) < 4.78 is 7.16. The zero-order valence-corrected chi connectivity index (χ0v) is 14.0. The van der Waals surface area contributed by atoms with Crippen molar-refractivity contribution in [2.45, 2.75) is 0 Å². The van der Waals surface area contributed by atoms with Gasteiger partial charge in [-0.3, -0.25) is 4.68 Å². The lowest BCUT2D eigenvalue weighted by molar-refractivity contribution is -0.732. The second kappa shape index (κ2) is 5.19. The molecule has 0 bridgehead atoms. The molecule has 0 saturated heterocycles. The predicted octanol–water partition coefficient (Wildman–Crippen LogP) is 0.0798. The maximum atomic E-state index is 4.80. The van der Waals surface area contributed by atoms with Gasteiger partial charge in [0.2, 0.25) is 5.69 Å². The Morgan fingerprint density at radius 1 is 1.04 bits per heavy atom. The molecule has 8 nitrogen and oxygen atoms in total. The van der Waals surface area contributed by atoms with Crippen molar-refractivity contribution < 1.29 is 9.36 Å². The van der Waals surface area contributed by atoms with Crippen LogP contribution >= 0.6 is 0 Å². The Labute approximate surface area is 138 Å². The van der Waals surface area contributed by atoms with Gasteiger partial charge in [0, 0.05) is 17.5 Å². The molecule has 1 aromatic carbocycles. The predicted molar refractivity (Wildman–Crippen MR) is 86.3 cm³/mol. The van der Waals surface area contributed by atoms with Crippen molar-refractivity contribution in [2.75, 3.05) is 0 Å². The molecule has 0 radical (unpaired) electrons. The van der Waals surface area contributed by atoms with Gasteiger partial charge < -0.3 is 0 Å². The maximum absolute atomic E-state index is 4.80. The summed E-state index contributed by atoms with van der Waals surface area (Å²) in [4.78, 5) is 0. The molecule has 0 atom stereocenters. The van der Waals surface area contributed by atoms with Gasteiger partial charge in [-0.15, -0.1) is 14.5 Å². The molecule has 0 fully saturated rings. The van der Waals surface area contributed by atoms with Crippen LogP contribution in [0.1, 0.15) is 0 Å². The van der Waals surface area contributed by atoms with E-state index in [4.69, 9.17) is 5.10 Å². The first-order valence-electron chi connectivity index (χ1n) is 7.60. The Hall–Kier alpha value is -3.16. The van der Waals surface area contributed by atoms with E-state index in [0.717, 1.165) is 33.5 Å². The quantitative estimate of drug-likeness (QED) is 0.490. The highest BCUT2D eigenvalue weighted by Crippen LogP contribution is 2.29. The zero-order chi connectivity index (χ0) is 16.8. The van der Waals surface area contributed by atoms with E-state index in [0.29, 0.717) is 0 Å². The van der Waals surface area contributed by atoms with E-state index in [-0.39, 0.29) is 0 Å². The summed E-state index contributed by atoms with van der Waals surface area (Å²) >= 11 is 0. The molecule has 0 unspecified atom stereocenters. The summed E-state index contributed by atoms with van der Waals surface area (Å²) in [6, 6.07) is 8.20. The Morgan fingerprint density at radius 2 is 1.79 bits per heavy atom. The third-order valence-electron chi connectivity index (χ3n) is 4.03. The van der Waals surface area contributed by atoms with Crippen LogP contribution in [0.15, 0.2) is 36.7 Å². The SMILES string of the molecule is Cn1cc(-c2c3ccccc3c(-c3c[n+](C)nn3C)n[n+]2C)nn1.